The van der Waals surface area contributed by atoms with E-state index < -0.39 is 0 Å². The van der Waals surface area contributed by atoms with Crippen LogP contribution < -0.4 is 19.9 Å². The van der Waals surface area contributed by atoms with E-state index in [9.17, 15) is 0 Å². The molecule has 24 heavy (non-hydrogen) atoms. The standard InChI is InChI=1S/C20H27NO3/c1-4-11-24-20-13-15(9-10-19(20)23-3)12-16(14-21)17-7-5-6-8-18(17)22-2/h5-10,13,16H,4,11-12,14,21H2,1-3H3. The van der Waals surface area contributed by atoms with Crippen LogP contribution in [0.1, 0.15) is 30.4 Å². The van der Waals surface area contributed by atoms with Crippen LogP contribution in [0.3, 0.4) is 0 Å². The van der Waals surface area contributed by atoms with Gasteiger partial charge < -0.3 is 19.9 Å². The molecule has 0 fully saturated rings. The van der Waals surface area contributed by atoms with Gasteiger partial charge in [0.25, 0.3) is 0 Å². The summed E-state index contributed by atoms with van der Waals surface area (Å²) in [5.74, 6) is 2.61. The van der Waals surface area contributed by atoms with Crippen molar-refractivity contribution in [1.82, 2.24) is 0 Å². The molecule has 2 N–H and O–H groups in total. The van der Waals surface area contributed by atoms with Crippen LogP contribution in [0, 0.1) is 0 Å². The number of benzene rings is 2. The smallest absolute Gasteiger partial charge is 0.161 e. The number of rotatable bonds is 9. The molecule has 0 bridgehead atoms. The Hall–Kier alpha value is -2.20. The van der Waals surface area contributed by atoms with Gasteiger partial charge in [-0.3, -0.25) is 0 Å². The zero-order chi connectivity index (χ0) is 17.4. The summed E-state index contributed by atoms with van der Waals surface area (Å²) in [4.78, 5) is 0. The second-order valence-corrected chi connectivity index (χ2v) is 5.71. The summed E-state index contributed by atoms with van der Waals surface area (Å²) in [6.45, 7) is 3.31. The molecule has 0 aliphatic carbocycles. The lowest BCUT2D eigenvalue weighted by molar-refractivity contribution is 0.294. The van der Waals surface area contributed by atoms with Crippen molar-refractivity contribution < 1.29 is 14.2 Å². The van der Waals surface area contributed by atoms with Crippen molar-refractivity contribution in [1.29, 1.82) is 0 Å². The highest BCUT2D eigenvalue weighted by Gasteiger charge is 2.16. The average Bonchev–Trinajstić information content (AvgIpc) is 2.64. The first kappa shape index (κ1) is 18.1. The number of hydrogen-bond acceptors (Lipinski definition) is 4. The Labute approximate surface area is 144 Å². The van der Waals surface area contributed by atoms with Crippen molar-refractivity contribution in [2.24, 2.45) is 5.73 Å². The summed E-state index contributed by atoms with van der Waals surface area (Å²) in [6.07, 6.45) is 1.78. The third kappa shape index (κ3) is 4.42. The van der Waals surface area contributed by atoms with E-state index in [1.54, 1.807) is 14.2 Å². The zero-order valence-corrected chi connectivity index (χ0v) is 14.7. The molecule has 0 saturated carbocycles. The van der Waals surface area contributed by atoms with Crippen molar-refractivity contribution >= 4 is 0 Å². The van der Waals surface area contributed by atoms with E-state index in [0.717, 1.165) is 35.7 Å². The van der Waals surface area contributed by atoms with Crippen molar-refractivity contribution in [3.8, 4) is 17.2 Å². The van der Waals surface area contributed by atoms with Crippen LogP contribution in [-0.2, 0) is 6.42 Å². The van der Waals surface area contributed by atoms with Gasteiger partial charge in [-0.25, -0.2) is 0 Å². The lowest BCUT2D eigenvalue weighted by atomic mass is 9.91. The highest BCUT2D eigenvalue weighted by atomic mass is 16.5. The number of para-hydroxylation sites is 1. The first-order valence-electron chi connectivity index (χ1n) is 8.36. The topological polar surface area (TPSA) is 53.7 Å². The molecule has 4 nitrogen and oxygen atoms in total. The van der Waals surface area contributed by atoms with Crippen molar-refractivity contribution in [2.45, 2.75) is 25.7 Å². The minimum absolute atomic E-state index is 0.188. The fourth-order valence-corrected chi connectivity index (χ4v) is 2.78. The van der Waals surface area contributed by atoms with Gasteiger partial charge in [0.2, 0.25) is 0 Å². The molecule has 4 heteroatoms. The highest BCUT2D eigenvalue weighted by molar-refractivity contribution is 5.44. The van der Waals surface area contributed by atoms with Crippen LogP contribution in [0.5, 0.6) is 17.2 Å². The van der Waals surface area contributed by atoms with E-state index in [-0.39, 0.29) is 5.92 Å². The average molecular weight is 329 g/mol. The molecule has 1 unspecified atom stereocenters. The number of ether oxygens (including phenoxy) is 3. The molecule has 0 spiro atoms. The molecule has 0 aliphatic rings. The van der Waals surface area contributed by atoms with Gasteiger partial charge in [-0.05, 0) is 48.7 Å². The summed E-state index contributed by atoms with van der Waals surface area (Å²) >= 11 is 0. The van der Waals surface area contributed by atoms with Crippen LogP contribution in [0.15, 0.2) is 42.5 Å². The van der Waals surface area contributed by atoms with Gasteiger partial charge in [0.05, 0.1) is 20.8 Å². The fraction of sp³-hybridized carbons (Fsp3) is 0.400. The minimum atomic E-state index is 0.188. The van der Waals surface area contributed by atoms with Gasteiger partial charge in [-0.15, -0.1) is 0 Å². The summed E-state index contributed by atoms with van der Waals surface area (Å²) in [6, 6.07) is 14.1. The Morgan fingerprint density at radius 2 is 1.71 bits per heavy atom. The Morgan fingerprint density at radius 1 is 0.958 bits per heavy atom. The molecule has 0 radical (unpaired) electrons. The van der Waals surface area contributed by atoms with Crippen molar-refractivity contribution in [3.63, 3.8) is 0 Å². The molecule has 2 rings (SSSR count). The van der Waals surface area contributed by atoms with E-state index in [1.165, 1.54) is 5.56 Å². The number of methoxy groups -OCH3 is 2. The molecule has 2 aromatic rings. The molecule has 0 amide bonds. The third-order valence-corrected chi connectivity index (χ3v) is 4.04. The minimum Gasteiger partial charge on any atom is -0.496 e. The maximum Gasteiger partial charge on any atom is 0.161 e. The molecule has 0 heterocycles. The maximum absolute atomic E-state index is 6.04. The molecule has 0 aliphatic heterocycles. The van der Waals surface area contributed by atoms with Crippen LogP contribution in [0.4, 0.5) is 0 Å². The Kier molecular flexibility index (Phi) is 6.94. The predicted octanol–water partition coefficient (Wildman–Crippen LogP) is 3.78. The van der Waals surface area contributed by atoms with E-state index in [0.29, 0.717) is 13.2 Å². The Bertz CT molecular complexity index is 643. The maximum atomic E-state index is 6.04. The second-order valence-electron chi connectivity index (χ2n) is 5.71. The molecule has 2 aromatic carbocycles. The van der Waals surface area contributed by atoms with Gasteiger partial charge in [0.15, 0.2) is 11.5 Å². The molecule has 0 saturated heterocycles. The quantitative estimate of drug-likeness (QED) is 0.761. The molecule has 1 atom stereocenters. The summed E-state index contributed by atoms with van der Waals surface area (Å²) < 4.78 is 16.7. The monoisotopic (exact) mass is 329 g/mol. The van der Waals surface area contributed by atoms with E-state index >= 15 is 0 Å². The SMILES string of the molecule is CCCOc1cc(CC(CN)c2ccccc2OC)ccc1OC. The summed E-state index contributed by atoms with van der Waals surface area (Å²) in [5, 5.41) is 0. The van der Waals surface area contributed by atoms with Crippen LogP contribution >= 0.6 is 0 Å². The largest absolute Gasteiger partial charge is 0.496 e. The van der Waals surface area contributed by atoms with Crippen molar-refractivity contribution in [3.05, 3.63) is 53.6 Å². The third-order valence-electron chi connectivity index (χ3n) is 4.04. The lowest BCUT2D eigenvalue weighted by Crippen LogP contribution is -2.16. The van der Waals surface area contributed by atoms with Gasteiger partial charge >= 0.3 is 0 Å². The number of nitrogens with two attached hydrogens (primary N) is 1. The normalized spacial score (nSPS) is 11.8. The van der Waals surface area contributed by atoms with Crippen LogP contribution in [0.25, 0.3) is 0 Å². The molecule has 130 valence electrons. The first-order valence-corrected chi connectivity index (χ1v) is 8.36. The van der Waals surface area contributed by atoms with Gasteiger partial charge in [-0.1, -0.05) is 31.2 Å². The van der Waals surface area contributed by atoms with Crippen LogP contribution in [-0.4, -0.2) is 27.4 Å². The Balaban J connectivity index is 2.24. The summed E-state index contributed by atoms with van der Waals surface area (Å²) in [5.41, 5.74) is 8.34. The van der Waals surface area contributed by atoms with Crippen molar-refractivity contribution in [2.75, 3.05) is 27.4 Å². The van der Waals surface area contributed by atoms with Gasteiger partial charge in [-0.2, -0.15) is 0 Å². The molecular weight excluding hydrogens is 302 g/mol. The highest BCUT2D eigenvalue weighted by Crippen LogP contribution is 2.32. The fourth-order valence-electron chi connectivity index (χ4n) is 2.78. The van der Waals surface area contributed by atoms with Crippen LogP contribution in [0.2, 0.25) is 0 Å². The summed E-state index contributed by atoms with van der Waals surface area (Å²) in [7, 11) is 3.35. The molecule has 0 aromatic heterocycles. The predicted molar refractivity (Wildman–Crippen MR) is 97.3 cm³/mol. The van der Waals surface area contributed by atoms with E-state index in [1.807, 2.05) is 30.3 Å². The van der Waals surface area contributed by atoms with Gasteiger partial charge in [0, 0.05) is 5.92 Å². The lowest BCUT2D eigenvalue weighted by Gasteiger charge is -2.19. The first-order chi connectivity index (χ1) is 11.7. The van der Waals surface area contributed by atoms with E-state index in [2.05, 4.69) is 19.1 Å². The molecular formula is C20H27NO3. The Morgan fingerprint density at radius 3 is 2.38 bits per heavy atom. The van der Waals surface area contributed by atoms with E-state index in [4.69, 9.17) is 19.9 Å². The number of hydrogen-bond donors (Lipinski definition) is 1. The zero-order valence-electron chi connectivity index (χ0n) is 14.7. The van der Waals surface area contributed by atoms with Gasteiger partial charge in [0.1, 0.15) is 5.75 Å². The second kappa shape index (κ2) is 9.18.